The lowest BCUT2D eigenvalue weighted by Crippen LogP contribution is -2.27. The second-order valence-corrected chi connectivity index (χ2v) is 8.88. The number of hydrogen-bond donors (Lipinski definition) is 0. The molecule has 0 radical (unpaired) electrons. The van der Waals surface area contributed by atoms with E-state index in [0.29, 0.717) is 53.2 Å². The summed E-state index contributed by atoms with van der Waals surface area (Å²) in [6.45, 7) is 0.426. The summed E-state index contributed by atoms with van der Waals surface area (Å²) in [4.78, 5) is 46.0. The molecule has 1 saturated heterocycles. The molecule has 1 fully saturated rings. The first-order valence-corrected chi connectivity index (χ1v) is 11.7. The predicted octanol–water partition coefficient (Wildman–Crippen LogP) is 3.10. The van der Waals surface area contributed by atoms with Crippen LogP contribution < -0.4 is 15.2 Å². The van der Waals surface area contributed by atoms with Gasteiger partial charge in [-0.3, -0.25) is 19.5 Å². The van der Waals surface area contributed by atoms with Crippen LogP contribution in [0.15, 0.2) is 35.3 Å². The Balaban J connectivity index is 1.15. The molecule has 10 heteroatoms. The van der Waals surface area contributed by atoms with Crippen LogP contribution in [0.3, 0.4) is 0 Å². The van der Waals surface area contributed by atoms with Crippen molar-refractivity contribution in [2.75, 3.05) is 18.1 Å². The maximum absolute atomic E-state index is 14.5. The molecular formula is C25H25FN4O5. The molecule has 5 rings (SSSR count). The number of ketones is 1. The first kappa shape index (κ1) is 22.9. The highest BCUT2D eigenvalue weighted by atomic mass is 19.1. The maximum Gasteiger partial charge on any atom is 0.415 e. The summed E-state index contributed by atoms with van der Waals surface area (Å²) in [5.41, 5.74) is 1.94. The lowest BCUT2D eigenvalue weighted by Gasteiger charge is -2.18. The molecule has 2 aliphatic heterocycles. The highest BCUT2D eigenvalue weighted by Gasteiger charge is 2.33. The Morgan fingerprint density at radius 1 is 1.11 bits per heavy atom. The summed E-state index contributed by atoms with van der Waals surface area (Å²) in [7, 11) is 1.62. The molecule has 0 spiro atoms. The van der Waals surface area contributed by atoms with Crippen molar-refractivity contribution in [3.05, 3.63) is 57.9 Å². The third-order valence-corrected chi connectivity index (χ3v) is 6.46. The van der Waals surface area contributed by atoms with Crippen molar-refractivity contribution in [3.63, 3.8) is 0 Å². The van der Waals surface area contributed by atoms with Gasteiger partial charge in [0.15, 0.2) is 5.78 Å². The van der Waals surface area contributed by atoms with Crippen molar-refractivity contribution >= 4 is 28.7 Å². The van der Waals surface area contributed by atoms with Crippen LogP contribution in [0.2, 0.25) is 0 Å². The fourth-order valence-corrected chi connectivity index (χ4v) is 4.63. The van der Waals surface area contributed by atoms with E-state index in [1.807, 2.05) is 0 Å². The van der Waals surface area contributed by atoms with Gasteiger partial charge < -0.3 is 14.0 Å². The first-order valence-electron chi connectivity index (χ1n) is 11.7. The normalized spacial score (nSPS) is 17.4. The molecule has 0 bridgehead atoms. The number of cyclic esters (lactones) is 1. The second-order valence-electron chi connectivity index (χ2n) is 8.88. The zero-order valence-electron chi connectivity index (χ0n) is 19.3. The number of rotatable bonds is 7. The Bertz CT molecular complexity index is 1370. The first-order chi connectivity index (χ1) is 16.9. The fraction of sp³-hybridized carbons (Fsp3) is 0.400. The van der Waals surface area contributed by atoms with E-state index < -0.39 is 11.9 Å². The largest absolute Gasteiger partial charge is 0.484 e. The van der Waals surface area contributed by atoms with E-state index in [9.17, 15) is 18.8 Å². The summed E-state index contributed by atoms with van der Waals surface area (Å²) in [5.74, 6) is 0.547. The van der Waals surface area contributed by atoms with Crippen LogP contribution in [0.25, 0.3) is 11.0 Å². The molecule has 3 aromatic rings. The van der Waals surface area contributed by atoms with Gasteiger partial charge in [0, 0.05) is 18.7 Å². The highest BCUT2D eigenvalue weighted by Crippen LogP contribution is 2.28. The lowest BCUT2D eigenvalue weighted by atomic mass is 10.0. The van der Waals surface area contributed by atoms with Gasteiger partial charge in [0.2, 0.25) is 0 Å². The Morgan fingerprint density at radius 2 is 1.97 bits per heavy atom. The molecule has 0 aromatic carbocycles. The van der Waals surface area contributed by atoms with Gasteiger partial charge in [-0.25, -0.2) is 14.2 Å². The van der Waals surface area contributed by atoms with Crippen LogP contribution in [-0.4, -0.2) is 45.7 Å². The number of hydrogen-bond acceptors (Lipinski definition) is 7. The van der Waals surface area contributed by atoms with Gasteiger partial charge in [0.25, 0.3) is 5.56 Å². The molecule has 0 saturated carbocycles. The molecule has 2 aliphatic rings. The van der Waals surface area contributed by atoms with E-state index in [1.54, 1.807) is 25.2 Å². The molecule has 1 unspecified atom stereocenters. The quantitative estimate of drug-likeness (QED) is 0.479. The van der Waals surface area contributed by atoms with Crippen LogP contribution in [0, 0.1) is 5.82 Å². The number of carbonyl (C=O) groups excluding carboxylic acids is 2. The monoisotopic (exact) mass is 480 g/mol. The second kappa shape index (κ2) is 9.44. The number of halogens is 1. The third kappa shape index (κ3) is 4.60. The fourth-order valence-electron chi connectivity index (χ4n) is 4.63. The summed E-state index contributed by atoms with van der Waals surface area (Å²) >= 11 is 0. The molecule has 182 valence electrons. The van der Waals surface area contributed by atoms with Gasteiger partial charge in [0.1, 0.15) is 30.1 Å². The van der Waals surface area contributed by atoms with Crippen LogP contribution in [0.5, 0.6) is 5.75 Å². The van der Waals surface area contributed by atoms with Crippen LogP contribution in [-0.2, 0) is 29.4 Å². The highest BCUT2D eigenvalue weighted by molar-refractivity contribution is 5.89. The van der Waals surface area contributed by atoms with Gasteiger partial charge in [-0.15, -0.1) is 0 Å². The van der Waals surface area contributed by atoms with E-state index in [1.165, 1.54) is 21.7 Å². The van der Waals surface area contributed by atoms with Crippen molar-refractivity contribution < 1.29 is 23.5 Å². The Labute approximate surface area is 200 Å². The molecule has 1 atom stereocenters. The standard InChI is InChI=1S/C25H25FN4O5/c1-29-23(32)10-7-19-24(29)17(18(26)12-27-19)6-4-2-3-5-16-13-30(25(33)35-16)22-9-8-21-20(28-22)11-15(31)14-34-21/h7-10,12,16H,2-6,11,13-14H2,1H3. The van der Waals surface area contributed by atoms with Crippen molar-refractivity contribution in [3.8, 4) is 5.75 Å². The Hall–Kier alpha value is -3.82. The number of fused-ring (bicyclic) bond motifs is 2. The number of pyridine rings is 3. The summed E-state index contributed by atoms with van der Waals surface area (Å²) in [6.07, 6.45) is 4.16. The number of aryl methyl sites for hydroxylation is 2. The van der Waals surface area contributed by atoms with Gasteiger partial charge in [0.05, 0.1) is 35.9 Å². The van der Waals surface area contributed by atoms with Crippen LogP contribution >= 0.6 is 0 Å². The smallest absolute Gasteiger partial charge is 0.415 e. The SMILES string of the molecule is Cn1c(=O)ccc2ncc(F)c(CCCCCC3CN(c4ccc5c(n4)CC(=O)CO5)C(=O)O3)c21. The molecule has 0 N–H and O–H groups in total. The van der Waals surface area contributed by atoms with E-state index >= 15 is 0 Å². The topological polar surface area (TPSA) is 104 Å². The Morgan fingerprint density at radius 3 is 2.83 bits per heavy atom. The van der Waals surface area contributed by atoms with Gasteiger partial charge >= 0.3 is 6.09 Å². The molecule has 0 aliphatic carbocycles. The molecule has 3 aromatic heterocycles. The minimum Gasteiger partial charge on any atom is -0.484 e. The number of amides is 1. The molecule has 35 heavy (non-hydrogen) atoms. The predicted molar refractivity (Wildman–Crippen MR) is 125 cm³/mol. The van der Waals surface area contributed by atoms with Crippen molar-refractivity contribution in [1.29, 1.82) is 0 Å². The third-order valence-electron chi connectivity index (χ3n) is 6.46. The molecule has 1 amide bonds. The maximum atomic E-state index is 14.5. The Kier molecular flexibility index (Phi) is 6.19. The van der Waals surface area contributed by atoms with Gasteiger partial charge in [-0.1, -0.05) is 6.42 Å². The average molecular weight is 480 g/mol. The summed E-state index contributed by atoms with van der Waals surface area (Å²) in [6, 6.07) is 6.46. The number of anilines is 1. The van der Waals surface area contributed by atoms with E-state index in [4.69, 9.17) is 9.47 Å². The number of aromatic nitrogens is 3. The van der Waals surface area contributed by atoms with E-state index in [-0.39, 0.29) is 30.5 Å². The zero-order valence-corrected chi connectivity index (χ0v) is 19.3. The number of unbranched alkanes of at least 4 members (excludes halogenated alkanes) is 2. The minimum atomic E-state index is -0.461. The van der Waals surface area contributed by atoms with E-state index in [0.717, 1.165) is 19.3 Å². The van der Waals surface area contributed by atoms with Crippen molar-refractivity contribution in [1.82, 2.24) is 14.5 Å². The molecular weight excluding hydrogens is 455 g/mol. The number of nitrogens with zero attached hydrogens (tertiary/aromatic N) is 4. The summed E-state index contributed by atoms with van der Waals surface area (Å²) < 4.78 is 26.8. The van der Waals surface area contributed by atoms with Crippen LogP contribution in [0.1, 0.15) is 36.9 Å². The summed E-state index contributed by atoms with van der Waals surface area (Å²) in [5, 5.41) is 0. The molecule has 9 nitrogen and oxygen atoms in total. The van der Waals surface area contributed by atoms with Crippen molar-refractivity contribution in [2.24, 2.45) is 7.05 Å². The average Bonchev–Trinajstić information content (AvgIpc) is 3.22. The van der Waals surface area contributed by atoms with E-state index in [2.05, 4.69) is 9.97 Å². The molecule has 5 heterocycles. The van der Waals surface area contributed by atoms with Gasteiger partial charge in [-0.05, 0) is 43.9 Å². The number of Topliss-reactive ketones (excluding diaryl/α,β-unsaturated/α-hetero) is 1. The number of carbonyl (C=O) groups is 2. The van der Waals surface area contributed by atoms with Crippen LogP contribution in [0.4, 0.5) is 15.0 Å². The van der Waals surface area contributed by atoms with Crippen molar-refractivity contribution in [2.45, 2.75) is 44.6 Å². The lowest BCUT2D eigenvalue weighted by molar-refractivity contribution is -0.121. The minimum absolute atomic E-state index is 0.0456. The van der Waals surface area contributed by atoms with Gasteiger partial charge in [-0.2, -0.15) is 0 Å². The number of ether oxygens (including phenoxy) is 2. The zero-order chi connectivity index (χ0) is 24.5.